The monoisotopic (exact) mass is 666 g/mol. The molecule has 0 amide bonds. The number of rotatable bonds is 21. The first-order valence-electron chi connectivity index (χ1n) is 16.2. The van der Waals surface area contributed by atoms with E-state index in [2.05, 4.69) is 21.6 Å². The fourth-order valence-corrected chi connectivity index (χ4v) is 4.45. The SMILES string of the molecule is CC(C)(C)OOC(C)(C)C#CC(C)(CCC(C)(OO)C(CCCC(C)(C)OO)CC(C)(CCC(C)(C)OO)OO)OOC(C)(C)C. The Morgan fingerprint density at radius 3 is 1.46 bits per heavy atom. The highest BCUT2D eigenvalue weighted by Crippen LogP contribution is 2.41. The van der Waals surface area contributed by atoms with Crippen molar-refractivity contribution in [1.29, 1.82) is 0 Å². The first-order valence-corrected chi connectivity index (χ1v) is 16.2. The van der Waals surface area contributed by atoms with E-state index >= 15 is 0 Å². The summed E-state index contributed by atoms with van der Waals surface area (Å²) in [5, 5.41) is 39.1. The highest BCUT2D eigenvalue weighted by atomic mass is 17.2. The van der Waals surface area contributed by atoms with Crippen LogP contribution < -0.4 is 0 Å². The van der Waals surface area contributed by atoms with Gasteiger partial charge in [0.05, 0.1) is 22.4 Å². The Balaban J connectivity index is 6.44. The summed E-state index contributed by atoms with van der Waals surface area (Å²) in [6.45, 7) is 27.1. The van der Waals surface area contributed by atoms with Crippen LogP contribution in [0.2, 0.25) is 0 Å². The summed E-state index contributed by atoms with van der Waals surface area (Å²) in [6, 6.07) is 0. The molecule has 0 radical (unpaired) electrons. The van der Waals surface area contributed by atoms with Gasteiger partial charge < -0.3 is 0 Å². The van der Waals surface area contributed by atoms with Crippen LogP contribution in [0.15, 0.2) is 0 Å². The van der Waals surface area contributed by atoms with Gasteiger partial charge in [-0.2, -0.15) is 0 Å². The summed E-state index contributed by atoms with van der Waals surface area (Å²) in [5.41, 5.74) is -7.19. The van der Waals surface area contributed by atoms with Crippen LogP contribution >= 0.6 is 0 Å². The lowest BCUT2D eigenvalue weighted by atomic mass is 9.73. The van der Waals surface area contributed by atoms with Crippen LogP contribution in [0.1, 0.15) is 155 Å². The molecule has 0 aromatic carbocycles. The molecule has 0 aliphatic rings. The van der Waals surface area contributed by atoms with Gasteiger partial charge in [0.1, 0.15) is 11.2 Å². The second kappa shape index (κ2) is 17.7. The molecule has 4 atom stereocenters. The third kappa shape index (κ3) is 18.6. The lowest BCUT2D eigenvalue weighted by molar-refractivity contribution is -0.393. The van der Waals surface area contributed by atoms with E-state index in [9.17, 15) is 21.0 Å². The van der Waals surface area contributed by atoms with Crippen molar-refractivity contribution in [3.05, 3.63) is 0 Å². The minimum Gasteiger partial charge on any atom is -0.251 e. The van der Waals surface area contributed by atoms with E-state index in [4.69, 9.17) is 29.3 Å². The Bertz CT molecular complexity index is 942. The van der Waals surface area contributed by atoms with Crippen LogP contribution in [0, 0.1) is 17.8 Å². The van der Waals surface area contributed by atoms with E-state index in [1.165, 1.54) is 0 Å². The molecular formula is C34H66O12. The van der Waals surface area contributed by atoms with Gasteiger partial charge in [-0.25, -0.2) is 39.1 Å². The van der Waals surface area contributed by atoms with Crippen molar-refractivity contribution in [3.8, 4) is 11.8 Å². The summed E-state index contributed by atoms with van der Waals surface area (Å²) in [4.78, 5) is 42.3. The summed E-state index contributed by atoms with van der Waals surface area (Å²) in [6.07, 6.45) is 3.15. The highest BCUT2D eigenvalue weighted by molar-refractivity contribution is 5.19. The predicted molar refractivity (Wildman–Crippen MR) is 174 cm³/mol. The van der Waals surface area contributed by atoms with E-state index in [1.54, 1.807) is 62.3 Å². The molecule has 0 heterocycles. The zero-order chi connectivity index (χ0) is 36.3. The molecule has 0 bridgehead atoms. The van der Waals surface area contributed by atoms with Crippen LogP contribution in [0.3, 0.4) is 0 Å². The van der Waals surface area contributed by atoms with Crippen LogP contribution in [0.4, 0.5) is 0 Å². The van der Waals surface area contributed by atoms with E-state index < -0.39 is 44.8 Å². The van der Waals surface area contributed by atoms with Gasteiger partial charge in [-0.1, -0.05) is 18.3 Å². The molecule has 0 saturated heterocycles. The maximum absolute atomic E-state index is 10.4. The molecule has 0 aliphatic carbocycles. The molecule has 0 rings (SSSR count). The molecule has 274 valence electrons. The molecule has 12 heteroatoms. The normalized spacial score (nSPS) is 18.2. The molecule has 0 saturated carbocycles. The van der Waals surface area contributed by atoms with Gasteiger partial charge in [-0.05, 0) is 155 Å². The average molecular weight is 667 g/mol. The second-order valence-electron chi connectivity index (χ2n) is 17.0. The number of hydrogen-bond donors (Lipinski definition) is 4. The van der Waals surface area contributed by atoms with Crippen LogP contribution in [-0.4, -0.2) is 65.8 Å². The van der Waals surface area contributed by atoms with E-state index in [0.717, 1.165) is 0 Å². The molecule has 0 fully saturated rings. The van der Waals surface area contributed by atoms with Crippen molar-refractivity contribution >= 4 is 0 Å². The summed E-state index contributed by atoms with van der Waals surface area (Å²) >= 11 is 0. The maximum atomic E-state index is 10.4. The van der Waals surface area contributed by atoms with Crippen LogP contribution in [-0.2, 0) is 39.1 Å². The molecule has 0 spiro atoms. The Hall–Kier alpha value is -0.920. The maximum Gasteiger partial charge on any atom is 0.161 e. The topological polar surface area (TPSA) is 155 Å². The van der Waals surface area contributed by atoms with E-state index in [-0.39, 0.29) is 25.2 Å². The standard InChI is InChI=1S/C34H66O12/c1-27(2,3)43-45-31(11,12)20-21-32(13,46-44-28(4,5)6)23-24-34(15,42-38)26(17-16-18-29(7,8)39-35)25-33(14,41-37)22-19-30(9,10)40-36/h26,35-38H,16-19,22-25H2,1-15H3. The Morgan fingerprint density at radius 1 is 0.500 bits per heavy atom. The van der Waals surface area contributed by atoms with E-state index in [1.807, 2.05) is 41.5 Å². The largest absolute Gasteiger partial charge is 0.251 e. The lowest BCUT2D eigenvalue weighted by Gasteiger charge is -2.41. The van der Waals surface area contributed by atoms with Crippen molar-refractivity contribution in [2.45, 2.75) is 200 Å². The predicted octanol–water partition coefficient (Wildman–Crippen LogP) is 8.79. The smallest absolute Gasteiger partial charge is 0.161 e. The molecule has 0 aromatic rings. The van der Waals surface area contributed by atoms with Gasteiger partial charge in [0, 0.05) is 0 Å². The van der Waals surface area contributed by atoms with Gasteiger partial charge in [0.15, 0.2) is 11.2 Å². The minimum absolute atomic E-state index is 0.263. The lowest BCUT2D eigenvalue weighted by Crippen LogP contribution is -2.45. The van der Waals surface area contributed by atoms with Gasteiger partial charge in [-0.15, -0.1) is 0 Å². The molecule has 12 nitrogen and oxygen atoms in total. The quantitative estimate of drug-likeness (QED) is 0.0525. The van der Waals surface area contributed by atoms with Crippen molar-refractivity contribution in [2.75, 3.05) is 0 Å². The fourth-order valence-electron chi connectivity index (χ4n) is 4.45. The molecule has 46 heavy (non-hydrogen) atoms. The molecule has 4 N–H and O–H groups in total. The van der Waals surface area contributed by atoms with Crippen molar-refractivity contribution in [2.24, 2.45) is 5.92 Å². The zero-order valence-corrected chi connectivity index (χ0v) is 31.3. The Labute approximate surface area is 277 Å². The summed E-state index contributed by atoms with van der Waals surface area (Å²) < 4.78 is 0. The molecular weight excluding hydrogens is 600 g/mol. The third-order valence-corrected chi connectivity index (χ3v) is 7.75. The van der Waals surface area contributed by atoms with Gasteiger partial charge in [0.2, 0.25) is 0 Å². The third-order valence-electron chi connectivity index (χ3n) is 7.75. The molecule has 0 aromatic heterocycles. The second-order valence-corrected chi connectivity index (χ2v) is 17.0. The Kier molecular flexibility index (Phi) is 17.3. The zero-order valence-electron chi connectivity index (χ0n) is 31.3. The number of hydrogen-bond acceptors (Lipinski definition) is 12. The highest BCUT2D eigenvalue weighted by Gasteiger charge is 2.44. The van der Waals surface area contributed by atoms with Crippen molar-refractivity contribution in [1.82, 2.24) is 0 Å². The van der Waals surface area contributed by atoms with Gasteiger partial charge in [-0.3, -0.25) is 21.0 Å². The van der Waals surface area contributed by atoms with Gasteiger partial charge >= 0.3 is 0 Å². The van der Waals surface area contributed by atoms with Crippen molar-refractivity contribution < 1.29 is 60.1 Å². The minimum atomic E-state index is -1.16. The van der Waals surface area contributed by atoms with E-state index in [0.29, 0.717) is 32.1 Å². The fraction of sp³-hybridized carbons (Fsp3) is 0.941. The first-order chi connectivity index (χ1) is 20.6. The average Bonchev–Trinajstić information content (AvgIpc) is 2.95. The Morgan fingerprint density at radius 2 is 1.00 bits per heavy atom. The molecule has 0 aliphatic heterocycles. The van der Waals surface area contributed by atoms with Crippen LogP contribution in [0.25, 0.3) is 0 Å². The summed E-state index contributed by atoms with van der Waals surface area (Å²) in [7, 11) is 0. The van der Waals surface area contributed by atoms with Crippen LogP contribution in [0.5, 0.6) is 0 Å². The summed E-state index contributed by atoms with van der Waals surface area (Å²) in [5.74, 6) is 5.90. The molecule has 4 unspecified atom stereocenters. The van der Waals surface area contributed by atoms with Gasteiger partial charge in [0.25, 0.3) is 0 Å². The first kappa shape index (κ1) is 45.1. The van der Waals surface area contributed by atoms with Crippen molar-refractivity contribution in [3.63, 3.8) is 0 Å².